The summed E-state index contributed by atoms with van der Waals surface area (Å²) in [5, 5.41) is 12.0. The van der Waals surface area contributed by atoms with E-state index in [0.29, 0.717) is 55.4 Å². The van der Waals surface area contributed by atoms with Crippen LogP contribution in [0.2, 0.25) is 0 Å². The van der Waals surface area contributed by atoms with Crippen LogP contribution in [0.5, 0.6) is 5.75 Å². The first kappa shape index (κ1) is 26.1. The summed E-state index contributed by atoms with van der Waals surface area (Å²) in [5.41, 5.74) is 8.14. The number of esters is 1. The fraction of sp³-hybridized carbons (Fsp3) is 0.423. The highest BCUT2D eigenvalue weighted by molar-refractivity contribution is 5.90. The van der Waals surface area contributed by atoms with Crippen molar-refractivity contribution < 1.29 is 24.1 Å². The molecule has 192 valence electrons. The monoisotopic (exact) mass is 515 g/mol. The molecule has 36 heavy (non-hydrogen) atoms. The predicted octanol–water partition coefficient (Wildman–Crippen LogP) is 2.42. The van der Waals surface area contributed by atoms with Gasteiger partial charge in [-0.2, -0.15) is 0 Å². The van der Waals surface area contributed by atoms with Gasteiger partial charge in [0.05, 0.1) is 42.2 Å². The maximum atomic E-state index is 13.4. The van der Waals surface area contributed by atoms with E-state index in [9.17, 15) is 14.7 Å². The Labute approximate surface area is 214 Å². The molecule has 2 aromatic heterocycles. The molecule has 0 aliphatic carbocycles. The Kier molecular flexibility index (Phi) is 7.38. The number of aryl methyl sites for hydroxylation is 1. The largest absolute Gasteiger partial charge is 0.491 e. The molecule has 0 fully saturated rings. The normalized spacial score (nSPS) is 17.7. The SMILES string of the molecule is CCc1c2c(nc3ccc(OCCOCCN)cc13)-c1cc3c(c(=O)n1C2)COC(=O)[C@]3(O)CC.Cl. The average molecular weight is 516 g/mol. The Balaban J connectivity index is 0.00000304. The van der Waals surface area contributed by atoms with Crippen molar-refractivity contribution >= 4 is 29.3 Å². The highest BCUT2D eigenvalue weighted by Gasteiger charge is 2.45. The van der Waals surface area contributed by atoms with E-state index in [0.717, 1.165) is 34.2 Å². The molecule has 5 rings (SSSR count). The lowest BCUT2D eigenvalue weighted by Crippen LogP contribution is -2.44. The van der Waals surface area contributed by atoms with Crippen LogP contribution in [0.15, 0.2) is 29.1 Å². The second kappa shape index (κ2) is 10.2. The number of carbonyl (C=O) groups is 1. The lowest BCUT2D eigenvalue weighted by Gasteiger charge is -2.31. The molecule has 1 atom stereocenters. The van der Waals surface area contributed by atoms with Crippen LogP contribution < -0.4 is 16.0 Å². The summed E-state index contributed by atoms with van der Waals surface area (Å²) in [7, 11) is 0. The fourth-order valence-electron chi connectivity index (χ4n) is 5.04. The highest BCUT2D eigenvalue weighted by Crippen LogP contribution is 2.40. The smallest absolute Gasteiger partial charge is 0.343 e. The van der Waals surface area contributed by atoms with E-state index in [4.69, 9.17) is 24.9 Å². The van der Waals surface area contributed by atoms with Gasteiger partial charge in [0, 0.05) is 23.1 Å². The van der Waals surface area contributed by atoms with Crippen molar-refractivity contribution in [1.82, 2.24) is 9.55 Å². The number of ether oxygens (including phenoxy) is 3. The second-order valence-corrected chi connectivity index (χ2v) is 8.80. The lowest BCUT2D eigenvalue weighted by molar-refractivity contribution is -0.172. The molecular formula is C26H30ClN3O6. The number of rotatable bonds is 8. The molecule has 0 unspecified atom stereocenters. The molecule has 2 aliphatic heterocycles. The summed E-state index contributed by atoms with van der Waals surface area (Å²) in [6, 6.07) is 7.49. The Morgan fingerprint density at radius 3 is 2.69 bits per heavy atom. The molecule has 0 saturated heterocycles. The Morgan fingerprint density at radius 1 is 1.17 bits per heavy atom. The van der Waals surface area contributed by atoms with Gasteiger partial charge in [0.2, 0.25) is 0 Å². The highest BCUT2D eigenvalue weighted by atomic mass is 35.5. The number of aliphatic hydroxyl groups is 1. The number of fused-ring (bicyclic) bond motifs is 5. The number of hydrogen-bond acceptors (Lipinski definition) is 8. The van der Waals surface area contributed by atoms with Crippen molar-refractivity contribution in [2.45, 2.75) is 45.4 Å². The summed E-state index contributed by atoms with van der Waals surface area (Å²) < 4.78 is 18.0. The first-order chi connectivity index (χ1) is 16.9. The number of carbonyl (C=O) groups excluding carboxylic acids is 1. The first-order valence-electron chi connectivity index (χ1n) is 12.0. The van der Waals surface area contributed by atoms with Gasteiger partial charge in [-0.1, -0.05) is 13.8 Å². The van der Waals surface area contributed by atoms with Gasteiger partial charge in [-0.3, -0.25) is 4.79 Å². The number of nitrogens with zero attached hydrogens (tertiary/aromatic N) is 2. The van der Waals surface area contributed by atoms with Gasteiger partial charge < -0.3 is 29.6 Å². The zero-order chi connectivity index (χ0) is 24.7. The minimum absolute atomic E-state index is 0. The molecule has 0 saturated carbocycles. The molecule has 1 aromatic carbocycles. The van der Waals surface area contributed by atoms with Crippen LogP contribution in [-0.2, 0) is 39.4 Å². The first-order valence-corrected chi connectivity index (χ1v) is 12.0. The molecule has 3 aromatic rings. The van der Waals surface area contributed by atoms with E-state index in [2.05, 4.69) is 6.92 Å². The number of nitrogens with two attached hydrogens (primary N) is 1. The summed E-state index contributed by atoms with van der Waals surface area (Å²) in [5.74, 6) is -0.00569. The van der Waals surface area contributed by atoms with E-state index in [1.807, 2.05) is 18.2 Å². The molecule has 2 aliphatic rings. The maximum absolute atomic E-state index is 13.4. The van der Waals surface area contributed by atoms with Crippen LogP contribution in [0.4, 0.5) is 0 Å². The van der Waals surface area contributed by atoms with Gasteiger partial charge >= 0.3 is 5.97 Å². The van der Waals surface area contributed by atoms with Crippen molar-refractivity contribution in [3.63, 3.8) is 0 Å². The van der Waals surface area contributed by atoms with Gasteiger partial charge in [0.1, 0.15) is 19.0 Å². The number of pyridine rings is 2. The Bertz CT molecular complexity index is 1390. The quantitative estimate of drug-likeness (QED) is 0.271. The molecular weight excluding hydrogens is 486 g/mol. The van der Waals surface area contributed by atoms with Gasteiger partial charge in [-0.05, 0) is 42.7 Å². The zero-order valence-corrected chi connectivity index (χ0v) is 21.2. The van der Waals surface area contributed by atoms with Gasteiger partial charge in [0.25, 0.3) is 5.56 Å². The molecule has 0 bridgehead atoms. The van der Waals surface area contributed by atoms with E-state index < -0.39 is 11.6 Å². The van der Waals surface area contributed by atoms with Crippen molar-refractivity contribution in [2.75, 3.05) is 26.4 Å². The average Bonchev–Trinajstić information content (AvgIpc) is 3.23. The second-order valence-electron chi connectivity index (χ2n) is 8.80. The third kappa shape index (κ3) is 4.06. The molecule has 0 spiro atoms. The van der Waals surface area contributed by atoms with Crippen LogP contribution >= 0.6 is 12.4 Å². The standard InChI is InChI=1S/C26H29N3O6.ClH/c1-3-16-17-11-15(34-10-9-33-8-7-27)5-6-21(17)28-23-18(16)13-29-22(23)12-20-19(24(29)30)14-35-25(31)26(20,32)4-2;/h5-6,11-12,32H,3-4,7-10,13-14,27H2,1-2H3;1H/t26-;/m0./s1. The fourth-order valence-corrected chi connectivity index (χ4v) is 5.04. The topological polar surface area (TPSA) is 126 Å². The molecule has 0 amide bonds. The number of cyclic esters (lactones) is 1. The predicted molar refractivity (Wildman–Crippen MR) is 137 cm³/mol. The van der Waals surface area contributed by atoms with E-state index in [1.54, 1.807) is 17.6 Å². The van der Waals surface area contributed by atoms with E-state index >= 15 is 0 Å². The summed E-state index contributed by atoms with van der Waals surface area (Å²) in [6.07, 6.45) is 0.855. The van der Waals surface area contributed by atoms with E-state index in [-0.39, 0.29) is 31.0 Å². The summed E-state index contributed by atoms with van der Waals surface area (Å²) in [6.45, 7) is 5.84. The third-order valence-corrected chi connectivity index (χ3v) is 6.89. The van der Waals surface area contributed by atoms with Crippen LogP contribution in [0.25, 0.3) is 22.3 Å². The minimum atomic E-state index is -1.84. The maximum Gasteiger partial charge on any atom is 0.343 e. The lowest BCUT2D eigenvalue weighted by atomic mass is 9.86. The molecule has 4 heterocycles. The van der Waals surface area contributed by atoms with Crippen molar-refractivity contribution in [1.29, 1.82) is 0 Å². The van der Waals surface area contributed by atoms with E-state index in [1.165, 1.54) is 0 Å². The third-order valence-electron chi connectivity index (χ3n) is 6.89. The number of benzene rings is 1. The van der Waals surface area contributed by atoms with Gasteiger partial charge in [0.15, 0.2) is 5.60 Å². The van der Waals surface area contributed by atoms with Crippen LogP contribution in [0.3, 0.4) is 0 Å². The van der Waals surface area contributed by atoms with Gasteiger partial charge in [-0.15, -0.1) is 12.4 Å². The number of halogens is 1. The Hall–Kier alpha value is -2.98. The molecule has 10 heteroatoms. The number of aromatic nitrogens is 2. The van der Waals surface area contributed by atoms with Gasteiger partial charge in [-0.25, -0.2) is 9.78 Å². The van der Waals surface area contributed by atoms with Crippen LogP contribution in [-0.4, -0.2) is 47.0 Å². The van der Waals surface area contributed by atoms with Crippen molar-refractivity contribution in [2.24, 2.45) is 5.73 Å². The van der Waals surface area contributed by atoms with Crippen LogP contribution in [0.1, 0.15) is 42.5 Å². The zero-order valence-electron chi connectivity index (χ0n) is 20.3. The van der Waals surface area contributed by atoms with Crippen LogP contribution in [0, 0.1) is 0 Å². The summed E-state index contributed by atoms with van der Waals surface area (Å²) in [4.78, 5) is 30.7. The molecule has 9 nitrogen and oxygen atoms in total. The minimum Gasteiger partial charge on any atom is -0.491 e. The van der Waals surface area contributed by atoms with Crippen molar-refractivity contribution in [3.05, 3.63) is 56.9 Å². The molecule has 0 radical (unpaired) electrons. The number of hydrogen-bond donors (Lipinski definition) is 2. The Morgan fingerprint density at radius 2 is 1.97 bits per heavy atom. The molecule has 3 N–H and O–H groups in total. The summed E-state index contributed by atoms with van der Waals surface area (Å²) >= 11 is 0. The van der Waals surface area contributed by atoms with Crippen molar-refractivity contribution in [3.8, 4) is 17.1 Å².